The first-order valence-electron chi connectivity index (χ1n) is 8.96. The lowest BCUT2D eigenvalue weighted by Crippen LogP contribution is -2.49. The summed E-state index contributed by atoms with van der Waals surface area (Å²) in [5.41, 5.74) is 1.35. The number of hydrogen-bond donors (Lipinski definition) is 0. The summed E-state index contributed by atoms with van der Waals surface area (Å²) in [5, 5.41) is 0. The summed E-state index contributed by atoms with van der Waals surface area (Å²) < 4.78 is 5.87. The van der Waals surface area contributed by atoms with Gasteiger partial charge in [-0.05, 0) is 51.5 Å². The first-order valence-corrected chi connectivity index (χ1v) is 8.96. The minimum Gasteiger partial charge on any atom is -0.373 e. The maximum absolute atomic E-state index is 12.5. The zero-order valence-electron chi connectivity index (χ0n) is 13.9. The molecule has 1 saturated carbocycles. The number of morpholine rings is 1. The molecule has 0 spiro atoms. The molecule has 0 aromatic carbocycles. The van der Waals surface area contributed by atoms with Crippen LogP contribution in [0.1, 0.15) is 44.9 Å². The first kappa shape index (κ1) is 16.0. The van der Waals surface area contributed by atoms with E-state index in [0.717, 1.165) is 38.4 Å². The van der Waals surface area contributed by atoms with Crippen LogP contribution >= 0.6 is 0 Å². The van der Waals surface area contributed by atoms with Crippen LogP contribution in [0.2, 0.25) is 0 Å². The van der Waals surface area contributed by atoms with Crippen molar-refractivity contribution in [2.24, 2.45) is 5.92 Å². The van der Waals surface area contributed by atoms with Crippen LogP contribution in [0.4, 0.5) is 0 Å². The monoisotopic (exact) mass is 306 g/mol. The number of rotatable bonds is 6. The smallest absolute Gasteiger partial charge is 0.226 e. The number of carbonyl (C=O) groups excluding carboxylic acids is 1. The normalized spacial score (nSPS) is 26.2. The lowest BCUT2D eigenvalue weighted by molar-refractivity contribution is -0.138. The Morgan fingerprint density at radius 2 is 2.23 bits per heavy atom. The van der Waals surface area contributed by atoms with E-state index in [1.165, 1.54) is 37.8 Å². The standard InChI is InChI=1S/C18H30N2O2/c1-19(12-16-7-8-16)13-17-14-20(9-10-22-17)18(21)11-15-5-3-2-4-6-15/h5,16-17H,2-4,6-14H2,1H3. The molecule has 0 aromatic rings. The SMILES string of the molecule is CN(CC1CC1)CC1CN(C(=O)CC2=CCCCC2)CCO1. The molecule has 0 aromatic heterocycles. The van der Waals surface area contributed by atoms with Crippen molar-refractivity contribution in [1.29, 1.82) is 0 Å². The molecular weight excluding hydrogens is 276 g/mol. The summed E-state index contributed by atoms with van der Waals surface area (Å²) in [6.45, 7) is 4.34. The van der Waals surface area contributed by atoms with Crippen molar-refractivity contribution >= 4 is 5.91 Å². The van der Waals surface area contributed by atoms with Crippen molar-refractivity contribution in [3.8, 4) is 0 Å². The van der Waals surface area contributed by atoms with Gasteiger partial charge in [-0.2, -0.15) is 0 Å². The Bertz CT molecular complexity index is 417. The lowest BCUT2D eigenvalue weighted by Gasteiger charge is -2.35. The van der Waals surface area contributed by atoms with E-state index in [2.05, 4.69) is 18.0 Å². The van der Waals surface area contributed by atoms with Gasteiger partial charge in [-0.1, -0.05) is 11.6 Å². The van der Waals surface area contributed by atoms with Crippen LogP contribution in [-0.2, 0) is 9.53 Å². The van der Waals surface area contributed by atoms with Gasteiger partial charge in [0.05, 0.1) is 12.7 Å². The maximum atomic E-state index is 12.5. The Morgan fingerprint density at radius 3 is 2.95 bits per heavy atom. The molecule has 1 heterocycles. The molecule has 2 fully saturated rings. The van der Waals surface area contributed by atoms with E-state index in [1.807, 2.05) is 4.90 Å². The summed E-state index contributed by atoms with van der Waals surface area (Å²) in [6.07, 6.45) is 10.7. The molecule has 2 aliphatic carbocycles. The average molecular weight is 306 g/mol. The van der Waals surface area contributed by atoms with Gasteiger partial charge >= 0.3 is 0 Å². The van der Waals surface area contributed by atoms with E-state index in [4.69, 9.17) is 4.74 Å². The third-order valence-electron chi connectivity index (χ3n) is 5.04. The summed E-state index contributed by atoms with van der Waals surface area (Å²) in [4.78, 5) is 16.9. The van der Waals surface area contributed by atoms with Crippen molar-refractivity contribution in [1.82, 2.24) is 9.80 Å². The molecule has 0 N–H and O–H groups in total. The van der Waals surface area contributed by atoms with Crippen molar-refractivity contribution in [2.75, 3.05) is 39.8 Å². The van der Waals surface area contributed by atoms with Gasteiger partial charge in [-0.25, -0.2) is 0 Å². The molecule has 1 atom stereocenters. The molecule has 1 unspecified atom stereocenters. The molecule has 4 nitrogen and oxygen atoms in total. The van der Waals surface area contributed by atoms with Gasteiger partial charge in [-0.15, -0.1) is 0 Å². The summed E-state index contributed by atoms with van der Waals surface area (Å²) >= 11 is 0. The number of nitrogens with zero attached hydrogens (tertiary/aromatic N) is 2. The van der Waals surface area contributed by atoms with E-state index in [9.17, 15) is 4.79 Å². The summed E-state index contributed by atoms with van der Waals surface area (Å²) in [7, 11) is 2.18. The molecule has 3 aliphatic rings. The average Bonchev–Trinajstić information content (AvgIpc) is 3.32. The highest BCUT2D eigenvalue weighted by atomic mass is 16.5. The van der Waals surface area contributed by atoms with Gasteiger partial charge in [0.2, 0.25) is 5.91 Å². The van der Waals surface area contributed by atoms with Crippen molar-refractivity contribution < 1.29 is 9.53 Å². The van der Waals surface area contributed by atoms with Crippen LogP contribution in [0, 0.1) is 5.92 Å². The number of ether oxygens (including phenoxy) is 1. The minimum atomic E-state index is 0.182. The highest BCUT2D eigenvalue weighted by Gasteiger charge is 2.28. The summed E-state index contributed by atoms with van der Waals surface area (Å²) in [5.74, 6) is 1.20. The predicted molar refractivity (Wildman–Crippen MR) is 87.7 cm³/mol. The predicted octanol–water partition coefficient (Wildman–Crippen LogP) is 2.45. The molecule has 4 heteroatoms. The van der Waals surface area contributed by atoms with E-state index >= 15 is 0 Å². The quantitative estimate of drug-likeness (QED) is 0.707. The Labute approximate surface area is 134 Å². The van der Waals surface area contributed by atoms with Crippen LogP contribution in [0.15, 0.2) is 11.6 Å². The van der Waals surface area contributed by atoms with Crippen molar-refractivity contribution in [2.45, 2.75) is 51.0 Å². The maximum Gasteiger partial charge on any atom is 0.226 e. The highest BCUT2D eigenvalue weighted by Crippen LogP contribution is 2.29. The van der Waals surface area contributed by atoms with Crippen LogP contribution in [0.25, 0.3) is 0 Å². The zero-order valence-corrected chi connectivity index (χ0v) is 13.9. The topological polar surface area (TPSA) is 32.8 Å². The first-order chi connectivity index (χ1) is 10.7. The van der Waals surface area contributed by atoms with Crippen LogP contribution in [0.5, 0.6) is 0 Å². The molecule has 3 rings (SSSR count). The lowest BCUT2D eigenvalue weighted by atomic mass is 9.97. The fourth-order valence-corrected chi connectivity index (χ4v) is 3.59. The zero-order chi connectivity index (χ0) is 15.4. The van der Waals surface area contributed by atoms with Gasteiger partial charge < -0.3 is 14.5 Å². The van der Waals surface area contributed by atoms with Gasteiger partial charge in [0.15, 0.2) is 0 Å². The second kappa shape index (κ2) is 7.60. The second-order valence-electron chi connectivity index (χ2n) is 7.28. The minimum absolute atomic E-state index is 0.182. The Balaban J connectivity index is 1.44. The van der Waals surface area contributed by atoms with Gasteiger partial charge in [0.25, 0.3) is 0 Å². The molecule has 1 aliphatic heterocycles. The van der Waals surface area contributed by atoms with Gasteiger partial charge in [-0.3, -0.25) is 4.79 Å². The van der Waals surface area contributed by atoms with E-state index in [-0.39, 0.29) is 6.10 Å². The molecule has 1 saturated heterocycles. The molecule has 0 bridgehead atoms. The largest absolute Gasteiger partial charge is 0.373 e. The molecule has 124 valence electrons. The molecule has 1 amide bonds. The van der Waals surface area contributed by atoms with Crippen molar-refractivity contribution in [3.05, 3.63) is 11.6 Å². The number of hydrogen-bond acceptors (Lipinski definition) is 3. The third kappa shape index (κ3) is 4.82. The number of amides is 1. The molecule has 22 heavy (non-hydrogen) atoms. The number of allylic oxidation sites excluding steroid dienone is 1. The van der Waals surface area contributed by atoms with Gasteiger partial charge in [0, 0.05) is 32.6 Å². The summed E-state index contributed by atoms with van der Waals surface area (Å²) in [6, 6.07) is 0. The van der Waals surface area contributed by atoms with E-state index in [1.54, 1.807) is 0 Å². The number of carbonyl (C=O) groups is 1. The van der Waals surface area contributed by atoms with Gasteiger partial charge in [0.1, 0.15) is 0 Å². The van der Waals surface area contributed by atoms with Crippen LogP contribution in [-0.4, -0.2) is 61.6 Å². The Morgan fingerprint density at radius 1 is 1.36 bits per heavy atom. The second-order valence-corrected chi connectivity index (χ2v) is 7.28. The Kier molecular flexibility index (Phi) is 5.53. The fourth-order valence-electron chi connectivity index (χ4n) is 3.59. The van der Waals surface area contributed by atoms with Crippen LogP contribution in [0.3, 0.4) is 0 Å². The Hall–Kier alpha value is -0.870. The highest BCUT2D eigenvalue weighted by molar-refractivity contribution is 5.78. The van der Waals surface area contributed by atoms with E-state index < -0.39 is 0 Å². The van der Waals surface area contributed by atoms with Crippen LogP contribution < -0.4 is 0 Å². The number of likely N-dealkylation sites (N-methyl/N-ethyl adjacent to an activating group) is 1. The van der Waals surface area contributed by atoms with E-state index in [0.29, 0.717) is 18.9 Å². The molecular formula is C18H30N2O2. The fraction of sp³-hybridized carbons (Fsp3) is 0.833. The molecule has 0 radical (unpaired) electrons. The third-order valence-corrected chi connectivity index (χ3v) is 5.04. The van der Waals surface area contributed by atoms with Crippen molar-refractivity contribution in [3.63, 3.8) is 0 Å².